The van der Waals surface area contributed by atoms with Crippen molar-refractivity contribution in [3.05, 3.63) is 59.9 Å². The van der Waals surface area contributed by atoms with Gasteiger partial charge in [0, 0.05) is 35.0 Å². The van der Waals surface area contributed by atoms with E-state index < -0.39 is 17.6 Å². The van der Waals surface area contributed by atoms with Crippen molar-refractivity contribution in [1.82, 2.24) is 9.97 Å². The van der Waals surface area contributed by atoms with Crippen molar-refractivity contribution in [3.63, 3.8) is 0 Å². The van der Waals surface area contributed by atoms with Gasteiger partial charge < -0.3 is 10.7 Å². The van der Waals surface area contributed by atoms with E-state index in [9.17, 15) is 18.0 Å². The number of aromatic amines is 1. The predicted molar refractivity (Wildman–Crippen MR) is 84.8 cm³/mol. The Morgan fingerprint density at radius 2 is 1.88 bits per heavy atom. The monoisotopic (exact) mass is 331 g/mol. The summed E-state index contributed by atoms with van der Waals surface area (Å²) in [6.07, 6.45) is 1.66. The molecule has 2 heterocycles. The predicted octanol–water partition coefficient (Wildman–Crippen LogP) is 3.75. The van der Waals surface area contributed by atoms with Crippen molar-refractivity contribution in [3.8, 4) is 11.1 Å². The molecule has 0 saturated carbocycles. The fourth-order valence-corrected chi connectivity index (χ4v) is 2.34. The van der Waals surface area contributed by atoms with Gasteiger partial charge in [0.1, 0.15) is 5.65 Å². The standard InChI is InChI=1S/C17H12F3N3O/c18-17(19,20)13-4-1-10(2-5-13)12-7-14-11(3-6-15(21)24)8-22-16(14)23-9-12/h1-9H,(H2,21,24)(H,22,23). The lowest BCUT2D eigenvalue weighted by Crippen LogP contribution is -2.04. The van der Waals surface area contributed by atoms with Crippen molar-refractivity contribution >= 4 is 23.0 Å². The molecule has 0 atom stereocenters. The highest BCUT2D eigenvalue weighted by Crippen LogP contribution is 2.31. The molecule has 0 unspecified atom stereocenters. The quantitative estimate of drug-likeness (QED) is 0.718. The van der Waals surface area contributed by atoms with Crippen LogP contribution in [0.2, 0.25) is 0 Å². The molecule has 1 amide bonds. The first-order chi connectivity index (χ1) is 11.3. The van der Waals surface area contributed by atoms with Crippen LogP contribution >= 0.6 is 0 Å². The number of aromatic nitrogens is 2. The summed E-state index contributed by atoms with van der Waals surface area (Å²) in [5.74, 6) is -0.573. The van der Waals surface area contributed by atoms with Gasteiger partial charge in [-0.3, -0.25) is 4.79 Å². The second-order valence-electron chi connectivity index (χ2n) is 5.17. The third-order valence-corrected chi connectivity index (χ3v) is 3.54. The summed E-state index contributed by atoms with van der Waals surface area (Å²) in [4.78, 5) is 18.1. The van der Waals surface area contributed by atoms with Crippen molar-refractivity contribution in [1.29, 1.82) is 0 Å². The van der Waals surface area contributed by atoms with Gasteiger partial charge in [-0.15, -0.1) is 0 Å². The fourth-order valence-electron chi connectivity index (χ4n) is 2.34. The zero-order valence-corrected chi connectivity index (χ0v) is 12.3. The highest BCUT2D eigenvalue weighted by Gasteiger charge is 2.29. The zero-order chi connectivity index (χ0) is 17.3. The van der Waals surface area contributed by atoms with Gasteiger partial charge in [0.25, 0.3) is 0 Å². The lowest BCUT2D eigenvalue weighted by molar-refractivity contribution is -0.137. The molecule has 7 heteroatoms. The number of halogens is 3. The van der Waals surface area contributed by atoms with E-state index >= 15 is 0 Å². The van der Waals surface area contributed by atoms with E-state index in [-0.39, 0.29) is 0 Å². The van der Waals surface area contributed by atoms with E-state index in [1.165, 1.54) is 18.2 Å². The molecule has 0 radical (unpaired) electrons. The number of nitrogens with zero attached hydrogens (tertiary/aromatic N) is 1. The first-order valence-electron chi connectivity index (χ1n) is 6.97. The first kappa shape index (κ1) is 15.8. The van der Waals surface area contributed by atoms with Crippen LogP contribution in [0.25, 0.3) is 28.2 Å². The molecule has 1 aromatic carbocycles. The molecular formula is C17H12F3N3O. The molecule has 24 heavy (non-hydrogen) atoms. The summed E-state index contributed by atoms with van der Waals surface area (Å²) in [7, 11) is 0. The number of benzene rings is 1. The minimum Gasteiger partial charge on any atom is -0.366 e. The van der Waals surface area contributed by atoms with Crippen molar-refractivity contribution in [2.24, 2.45) is 5.73 Å². The molecule has 0 bridgehead atoms. The second kappa shape index (κ2) is 5.84. The molecule has 0 aliphatic heterocycles. The highest BCUT2D eigenvalue weighted by atomic mass is 19.4. The van der Waals surface area contributed by atoms with Gasteiger partial charge in [0.2, 0.25) is 5.91 Å². The second-order valence-corrected chi connectivity index (χ2v) is 5.17. The number of alkyl halides is 3. The van der Waals surface area contributed by atoms with E-state index in [2.05, 4.69) is 9.97 Å². The summed E-state index contributed by atoms with van der Waals surface area (Å²) >= 11 is 0. The Kier molecular flexibility index (Phi) is 3.84. The number of fused-ring (bicyclic) bond motifs is 1. The molecule has 0 fully saturated rings. The number of nitrogens with two attached hydrogens (primary N) is 1. The number of carbonyl (C=O) groups is 1. The van der Waals surface area contributed by atoms with Gasteiger partial charge in [0.05, 0.1) is 5.56 Å². The molecule has 3 N–H and O–H groups in total. The highest BCUT2D eigenvalue weighted by molar-refractivity contribution is 5.95. The van der Waals surface area contributed by atoms with Gasteiger partial charge in [-0.2, -0.15) is 13.2 Å². The van der Waals surface area contributed by atoms with Crippen molar-refractivity contribution < 1.29 is 18.0 Å². The lowest BCUT2D eigenvalue weighted by atomic mass is 10.0. The van der Waals surface area contributed by atoms with Gasteiger partial charge in [-0.05, 0) is 29.8 Å². The third-order valence-electron chi connectivity index (χ3n) is 3.54. The molecular weight excluding hydrogens is 319 g/mol. The number of H-pyrrole nitrogens is 1. The largest absolute Gasteiger partial charge is 0.416 e. The molecule has 4 nitrogen and oxygen atoms in total. The van der Waals surface area contributed by atoms with Crippen LogP contribution in [-0.4, -0.2) is 15.9 Å². The first-order valence-corrected chi connectivity index (χ1v) is 6.97. The molecule has 3 rings (SSSR count). The summed E-state index contributed by atoms with van der Waals surface area (Å²) in [5, 5.41) is 0.741. The number of pyridine rings is 1. The van der Waals surface area contributed by atoms with Crippen molar-refractivity contribution in [2.75, 3.05) is 0 Å². The van der Waals surface area contributed by atoms with Crippen LogP contribution in [0.5, 0.6) is 0 Å². The number of hydrogen-bond donors (Lipinski definition) is 2. The number of carbonyl (C=O) groups excluding carboxylic acids is 1. The van der Waals surface area contributed by atoms with Gasteiger partial charge >= 0.3 is 6.18 Å². The van der Waals surface area contributed by atoms with Crippen LogP contribution < -0.4 is 5.73 Å². The Morgan fingerprint density at radius 1 is 1.17 bits per heavy atom. The molecule has 0 saturated heterocycles. The van der Waals surface area contributed by atoms with Crippen LogP contribution in [0.3, 0.4) is 0 Å². The number of hydrogen-bond acceptors (Lipinski definition) is 2. The molecule has 0 aliphatic carbocycles. The van der Waals surface area contributed by atoms with E-state index in [4.69, 9.17) is 5.73 Å². The van der Waals surface area contributed by atoms with Crippen molar-refractivity contribution in [2.45, 2.75) is 6.18 Å². The average Bonchev–Trinajstić information content (AvgIpc) is 2.94. The maximum Gasteiger partial charge on any atom is 0.416 e. The summed E-state index contributed by atoms with van der Waals surface area (Å²) in [5.41, 5.74) is 6.98. The van der Waals surface area contributed by atoms with Gasteiger partial charge in [-0.25, -0.2) is 4.98 Å². The topological polar surface area (TPSA) is 71.8 Å². The normalized spacial score (nSPS) is 12.1. The zero-order valence-electron chi connectivity index (χ0n) is 12.3. The smallest absolute Gasteiger partial charge is 0.366 e. The molecule has 2 aromatic heterocycles. The van der Waals surface area contributed by atoms with E-state index in [0.29, 0.717) is 22.3 Å². The van der Waals surface area contributed by atoms with E-state index in [1.54, 1.807) is 24.5 Å². The Bertz CT molecular complexity index is 924. The molecule has 3 aromatic rings. The Hall–Kier alpha value is -3.09. The number of rotatable bonds is 3. The Balaban J connectivity index is 2.01. The van der Waals surface area contributed by atoms with Crippen LogP contribution in [0, 0.1) is 0 Å². The minimum atomic E-state index is -4.37. The van der Waals surface area contributed by atoms with Crippen LogP contribution in [0.4, 0.5) is 13.2 Å². The summed E-state index contributed by atoms with van der Waals surface area (Å²) < 4.78 is 37.9. The SMILES string of the molecule is NC(=O)C=Cc1c[nH]c2ncc(-c3ccc(C(F)(F)F)cc3)cc12. The number of primary amides is 1. The van der Waals surface area contributed by atoms with Crippen LogP contribution in [0.15, 0.2) is 48.8 Å². The van der Waals surface area contributed by atoms with E-state index in [1.807, 2.05) is 0 Å². The maximum atomic E-state index is 12.6. The number of nitrogens with one attached hydrogen (secondary N) is 1. The number of amides is 1. The Morgan fingerprint density at radius 3 is 2.50 bits per heavy atom. The Labute approximate surface area is 134 Å². The lowest BCUT2D eigenvalue weighted by Gasteiger charge is -2.07. The summed E-state index contributed by atoms with van der Waals surface area (Å²) in [6, 6.07) is 6.66. The molecule has 0 spiro atoms. The summed E-state index contributed by atoms with van der Waals surface area (Å²) in [6.45, 7) is 0. The van der Waals surface area contributed by atoms with Crippen LogP contribution in [-0.2, 0) is 11.0 Å². The van der Waals surface area contributed by atoms with Gasteiger partial charge in [0.15, 0.2) is 0 Å². The van der Waals surface area contributed by atoms with Crippen LogP contribution in [0.1, 0.15) is 11.1 Å². The van der Waals surface area contributed by atoms with E-state index in [0.717, 1.165) is 17.5 Å². The fraction of sp³-hybridized carbons (Fsp3) is 0.0588. The molecule has 122 valence electrons. The molecule has 0 aliphatic rings. The maximum absolute atomic E-state index is 12.6. The average molecular weight is 331 g/mol. The third kappa shape index (κ3) is 3.15. The van der Waals surface area contributed by atoms with Gasteiger partial charge in [-0.1, -0.05) is 12.1 Å². The minimum absolute atomic E-state index is 0.573.